The molecule has 0 amide bonds. The van der Waals surface area contributed by atoms with Crippen LogP contribution in [0.25, 0.3) is 0 Å². The molecular formula is C10H11Cl2N. The van der Waals surface area contributed by atoms with Crippen molar-refractivity contribution in [3.63, 3.8) is 0 Å². The van der Waals surface area contributed by atoms with Gasteiger partial charge in [0.1, 0.15) is 0 Å². The number of rotatable bonds is 1. The molecule has 0 saturated heterocycles. The molecule has 1 rings (SSSR count). The van der Waals surface area contributed by atoms with Gasteiger partial charge >= 0.3 is 0 Å². The second-order valence-electron chi connectivity index (χ2n) is 3.24. The number of halogens is 2. The lowest BCUT2D eigenvalue weighted by molar-refractivity contribution is 0.687. The SMILES string of the molecule is CC(C)(C#N)c1ccc(Cl)cc1.Cl. The van der Waals surface area contributed by atoms with Gasteiger partial charge in [-0.25, -0.2) is 0 Å². The Labute approximate surface area is 89.7 Å². The van der Waals surface area contributed by atoms with Gasteiger partial charge in [0.15, 0.2) is 0 Å². The Morgan fingerprint density at radius 2 is 1.69 bits per heavy atom. The number of hydrogen-bond acceptors (Lipinski definition) is 1. The summed E-state index contributed by atoms with van der Waals surface area (Å²) >= 11 is 5.72. The summed E-state index contributed by atoms with van der Waals surface area (Å²) in [6.45, 7) is 3.77. The average Bonchev–Trinajstić information content (AvgIpc) is 2.05. The first-order chi connectivity index (χ1) is 5.56. The maximum absolute atomic E-state index is 8.83. The molecule has 0 aliphatic rings. The minimum absolute atomic E-state index is 0. The van der Waals surface area contributed by atoms with Crippen LogP contribution in [0, 0.1) is 11.3 Å². The van der Waals surface area contributed by atoms with Gasteiger partial charge in [-0.1, -0.05) is 23.7 Å². The Morgan fingerprint density at radius 1 is 1.23 bits per heavy atom. The fourth-order valence-electron chi connectivity index (χ4n) is 0.931. The van der Waals surface area contributed by atoms with Crippen molar-refractivity contribution in [1.82, 2.24) is 0 Å². The average molecular weight is 216 g/mol. The van der Waals surface area contributed by atoms with Crippen LogP contribution in [-0.4, -0.2) is 0 Å². The largest absolute Gasteiger partial charge is 0.197 e. The van der Waals surface area contributed by atoms with Gasteiger partial charge in [-0.2, -0.15) is 5.26 Å². The molecule has 0 radical (unpaired) electrons. The van der Waals surface area contributed by atoms with E-state index in [1.54, 1.807) is 12.1 Å². The van der Waals surface area contributed by atoms with Crippen LogP contribution in [0.15, 0.2) is 24.3 Å². The Bertz CT molecular complexity index is 309. The molecule has 0 fully saturated rings. The van der Waals surface area contributed by atoms with Gasteiger partial charge in [-0.3, -0.25) is 0 Å². The maximum atomic E-state index is 8.83. The summed E-state index contributed by atoms with van der Waals surface area (Å²) < 4.78 is 0. The zero-order valence-electron chi connectivity index (χ0n) is 7.54. The van der Waals surface area contributed by atoms with Crippen LogP contribution in [-0.2, 0) is 5.41 Å². The lowest BCUT2D eigenvalue weighted by atomic mass is 9.87. The molecule has 0 bridgehead atoms. The Hall–Kier alpha value is -0.710. The van der Waals surface area contributed by atoms with Crippen molar-refractivity contribution in [3.8, 4) is 6.07 Å². The first-order valence-electron chi connectivity index (χ1n) is 3.73. The molecule has 1 nitrogen and oxygen atoms in total. The van der Waals surface area contributed by atoms with Crippen LogP contribution in [0.1, 0.15) is 19.4 Å². The monoisotopic (exact) mass is 215 g/mol. The summed E-state index contributed by atoms with van der Waals surface area (Å²) in [7, 11) is 0. The van der Waals surface area contributed by atoms with E-state index in [0.717, 1.165) is 5.56 Å². The van der Waals surface area contributed by atoms with Gasteiger partial charge in [-0.05, 0) is 31.5 Å². The fourth-order valence-corrected chi connectivity index (χ4v) is 1.06. The Kier molecular flexibility index (Phi) is 4.26. The highest BCUT2D eigenvalue weighted by Gasteiger charge is 2.18. The van der Waals surface area contributed by atoms with E-state index in [0.29, 0.717) is 5.02 Å². The third-order valence-electron chi connectivity index (χ3n) is 1.85. The highest BCUT2D eigenvalue weighted by Crippen LogP contribution is 2.23. The molecule has 0 heterocycles. The van der Waals surface area contributed by atoms with Crippen molar-refractivity contribution in [2.24, 2.45) is 0 Å². The quantitative estimate of drug-likeness (QED) is 0.703. The van der Waals surface area contributed by atoms with Gasteiger partial charge in [-0.15, -0.1) is 12.4 Å². The van der Waals surface area contributed by atoms with Crippen molar-refractivity contribution in [2.75, 3.05) is 0 Å². The molecule has 0 unspecified atom stereocenters. The fraction of sp³-hybridized carbons (Fsp3) is 0.300. The minimum atomic E-state index is -0.426. The topological polar surface area (TPSA) is 23.8 Å². The van der Waals surface area contributed by atoms with E-state index < -0.39 is 5.41 Å². The Balaban J connectivity index is 0.00000144. The molecule has 0 aromatic heterocycles. The molecule has 1 aromatic carbocycles. The molecule has 0 aliphatic heterocycles. The van der Waals surface area contributed by atoms with Crippen molar-refractivity contribution >= 4 is 24.0 Å². The number of benzene rings is 1. The van der Waals surface area contributed by atoms with Crippen LogP contribution in [0.3, 0.4) is 0 Å². The maximum Gasteiger partial charge on any atom is 0.0766 e. The molecule has 0 aliphatic carbocycles. The predicted octanol–water partition coefficient (Wildman–Crippen LogP) is 3.56. The van der Waals surface area contributed by atoms with Crippen molar-refractivity contribution < 1.29 is 0 Å². The third-order valence-corrected chi connectivity index (χ3v) is 2.10. The van der Waals surface area contributed by atoms with Gasteiger partial charge in [0.2, 0.25) is 0 Å². The summed E-state index contributed by atoms with van der Waals surface area (Å²) in [5.74, 6) is 0. The molecule has 0 atom stereocenters. The van der Waals surface area contributed by atoms with Crippen LogP contribution in [0.2, 0.25) is 5.02 Å². The number of nitrogens with zero attached hydrogens (tertiary/aromatic N) is 1. The molecular weight excluding hydrogens is 205 g/mol. The molecule has 0 saturated carbocycles. The second kappa shape index (κ2) is 4.50. The summed E-state index contributed by atoms with van der Waals surface area (Å²) in [4.78, 5) is 0. The van der Waals surface area contributed by atoms with Crippen molar-refractivity contribution in [3.05, 3.63) is 34.9 Å². The highest BCUT2D eigenvalue weighted by atomic mass is 35.5. The molecule has 1 aromatic rings. The first kappa shape index (κ1) is 12.3. The minimum Gasteiger partial charge on any atom is -0.197 e. The van der Waals surface area contributed by atoms with E-state index in [2.05, 4.69) is 6.07 Å². The summed E-state index contributed by atoms with van der Waals surface area (Å²) in [5.41, 5.74) is 0.569. The summed E-state index contributed by atoms with van der Waals surface area (Å²) in [6.07, 6.45) is 0. The molecule has 0 N–H and O–H groups in total. The lowest BCUT2D eigenvalue weighted by Gasteiger charge is -2.14. The second-order valence-corrected chi connectivity index (χ2v) is 3.68. The zero-order chi connectivity index (χ0) is 9.19. The van der Waals surface area contributed by atoms with E-state index in [4.69, 9.17) is 16.9 Å². The predicted molar refractivity (Wildman–Crippen MR) is 57.3 cm³/mol. The normalized spacial score (nSPS) is 10.0. The zero-order valence-corrected chi connectivity index (χ0v) is 9.12. The summed E-state index contributed by atoms with van der Waals surface area (Å²) in [5, 5.41) is 9.54. The van der Waals surface area contributed by atoms with E-state index >= 15 is 0 Å². The van der Waals surface area contributed by atoms with Crippen molar-refractivity contribution in [2.45, 2.75) is 19.3 Å². The lowest BCUT2D eigenvalue weighted by Crippen LogP contribution is -2.13. The summed E-state index contributed by atoms with van der Waals surface area (Å²) in [6, 6.07) is 9.60. The smallest absolute Gasteiger partial charge is 0.0766 e. The Morgan fingerprint density at radius 3 is 2.08 bits per heavy atom. The number of nitriles is 1. The molecule has 70 valence electrons. The van der Waals surface area contributed by atoms with Gasteiger partial charge in [0.05, 0.1) is 11.5 Å². The van der Waals surface area contributed by atoms with E-state index in [-0.39, 0.29) is 12.4 Å². The van der Waals surface area contributed by atoms with Gasteiger partial charge in [0.25, 0.3) is 0 Å². The van der Waals surface area contributed by atoms with E-state index in [1.807, 2.05) is 26.0 Å². The number of hydrogen-bond donors (Lipinski definition) is 0. The van der Waals surface area contributed by atoms with Crippen LogP contribution >= 0.6 is 24.0 Å². The van der Waals surface area contributed by atoms with Crippen molar-refractivity contribution in [1.29, 1.82) is 5.26 Å². The molecule has 0 spiro atoms. The van der Waals surface area contributed by atoms with Crippen LogP contribution in [0.5, 0.6) is 0 Å². The van der Waals surface area contributed by atoms with Gasteiger partial charge in [0, 0.05) is 5.02 Å². The molecule has 3 heteroatoms. The molecule has 13 heavy (non-hydrogen) atoms. The van der Waals surface area contributed by atoms with Gasteiger partial charge < -0.3 is 0 Å². The van der Waals surface area contributed by atoms with Crippen LogP contribution < -0.4 is 0 Å². The highest BCUT2D eigenvalue weighted by molar-refractivity contribution is 6.30. The van der Waals surface area contributed by atoms with E-state index in [1.165, 1.54) is 0 Å². The third kappa shape index (κ3) is 2.91. The van der Waals surface area contributed by atoms with E-state index in [9.17, 15) is 0 Å². The first-order valence-corrected chi connectivity index (χ1v) is 4.11. The standard InChI is InChI=1S/C10H10ClN.ClH/c1-10(2,7-12)8-3-5-9(11)6-4-8;/h3-6H,1-2H3;1H. The van der Waals surface area contributed by atoms with Crippen LogP contribution in [0.4, 0.5) is 0 Å².